The maximum Gasteiger partial charge on any atom is 0.461 e. The molecule has 1 aromatic carbocycles. The van der Waals surface area contributed by atoms with Gasteiger partial charge in [-0.05, 0) is 30.2 Å². The number of pyridine rings is 1. The van der Waals surface area contributed by atoms with E-state index in [1.165, 1.54) is 30.5 Å². The number of halogens is 5. The Bertz CT molecular complexity index is 944. The molecule has 2 unspecified atom stereocenters. The fraction of sp³-hybridized carbons (Fsp3) is 0.278. The predicted molar refractivity (Wildman–Crippen MR) is 93.8 cm³/mol. The summed E-state index contributed by atoms with van der Waals surface area (Å²) in [4.78, 5) is 27.9. The number of alkyl halides is 4. The van der Waals surface area contributed by atoms with Crippen LogP contribution in [0.25, 0.3) is 0 Å². The van der Waals surface area contributed by atoms with Gasteiger partial charge in [0.25, 0.3) is 0 Å². The minimum absolute atomic E-state index is 0.164. The zero-order valence-electron chi connectivity index (χ0n) is 14.8. The summed E-state index contributed by atoms with van der Waals surface area (Å²) >= 11 is 5.73. The first kappa shape index (κ1) is 21.6. The molecule has 1 N–H and O–H groups in total. The smallest absolute Gasteiger partial charge is 0.461 e. The second kappa shape index (κ2) is 8.34. The zero-order chi connectivity index (χ0) is 22.1. The quantitative estimate of drug-likeness (QED) is 0.506. The number of rotatable bonds is 6. The van der Waals surface area contributed by atoms with E-state index < -0.39 is 42.6 Å². The van der Waals surface area contributed by atoms with Crippen molar-refractivity contribution in [2.45, 2.75) is 31.1 Å². The van der Waals surface area contributed by atoms with Gasteiger partial charge < -0.3 is 14.6 Å². The average Bonchev–Trinajstić information content (AvgIpc) is 2.98. The number of aromatic nitrogens is 1. The monoisotopic (exact) mass is 448 g/mol. The summed E-state index contributed by atoms with van der Waals surface area (Å²) in [5.74, 6) is -0.547. The largest absolute Gasteiger partial charge is 0.465 e. The number of carbonyl (C=O) groups is 2. The molecule has 3 rings (SSSR count). The third kappa shape index (κ3) is 4.56. The summed E-state index contributed by atoms with van der Waals surface area (Å²) < 4.78 is 60.3. The fourth-order valence-corrected chi connectivity index (χ4v) is 3.07. The molecule has 1 aliphatic rings. The summed E-state index contributed by atoms with van der Waals surface area (Å²) in [6.07, 6.45) is -11.3. The van der Waals surface area contributed by atoms with Crippen LogP contribution in [0.1, 0.15) is 17.2 Å². The fourth-order valence-electron chi connectivity index (χ4n) is 2.96. The van der Waals surface area contributed by atoms with Crippen molar-refractivity contribution in [3.05, 3.63) is 58.9 Å². The van der Waals surface area contributed by atoms with Crippen LogP contribution in [0.3, 0.4) is 0 Å². The second-order valence-electron chi connectivity index (χ2n) is 6.25. The molecule has 2 atom stereocenters. The van der Waals surface area contributed by atoms with Crippen molar-refractivity contribution < 1.29 is 41.7 Å². The van der Waals surface area contributed by atoms with Crippen LogP contribution in [0.15, 0.2) is 42.6 Å². The molecule has 0 saturated carbocycles. The van der Waals surface area contributed by atoms with E-state index in [0.29, 0.717) is 10.5 Å². The summed E-state index contributed by atoms with van der Waals surface area (Å²) in [7, 11) is 0. The molecular weight excluding hydrogens is 436 g/mol. The van der Waals surface area contributed by atoms with Gasteiger partial charge in [0.15, 0.2) is 6.10 Å². The van der Waals surface area contributed by atoms with Gasteiger partial charge in [0.05, 0.1) is 6.04 Å². The standard InChI is InChI=1S/C18H13ClF4N2O5/c19-13-5-4-10(8-24-13)14-12(25(16(26)27)17(28)29-14)7-9-2-1-3-11(6-9)30-18(22,23)15(20)21/h1-6,8,12,14-15H,7H2,(H,26,27). The molecule has 0 radical (unpaired) electrons. The lowest BCUT2D eigenvalue weighted by Gasteiger charge is -2.22. The van der Waals surface area contributed by atoms with E-state index in [1.807, 2.05) is 0 Å². The highest BCUT2D eigenvalue weighted by molar-refractivity contribution is 6.29. The van der Waals surface area contributed by atoms with Crippen molar-refractivity contribution in [2.75, 3.05) is 0 Å². The minimum atomic E-state index is -4.70. The third-order valence-electron chi connectivity index (χ3n) is 4.24. The van der Waals surface area contributed by atoms with Gasteiger partial charge in [-0.2, -0.15) is 17.6 Å². The van der Waals surface area contributed by atoms with Crippen LogP contribution in [0.2, 0.25) is 5.15 Å². The maximum absolute atomic E-state index is 13.2. The molecule has 7 nitrogen and oxygen atoms in total. The number of hydrogen-bond donors (Lipinski definition) is 1. The lowest BCUT2D eigenvalue weighted by Crippen LogP contribution is -2.40. The lowest BCUT2D eigenvalue weighted by molar-refractivity contribution is -0.253. The first-order valence-electron chi connectivity index (χ1n) is 8.36. The topological polar surface area (TPSA) is 89.0 Å². The summed E-state index contributed by atoms with van der Waals surface area (Å²) in [5, 5.41) is 9.56. The molecule has 30 heavy (non-hydrogen) atoms. The molecule has 2 aromatic rings. The molecule has 1 fully saturated rings. The van der Waals surface area contributed by atoms with Gasteiger partial charge in [-0.15, -0.1) is 0 Å². The highest BCUT2D eigenvalue weighted by Crippen LogP contribution is 2.35. The molecule has 0 aliphatic carbocycles. The molecule has 0 spiro atoms. The number of cyclic esters (lactones) is 1. The van der Waals surface area contributed by atoms with Crippen LogP contribution in [-0.2, 0) is 11.2 Å². The van der Waals surface area contributed by atoms with Gasteiger partial charge in [0, 0.05) is 11.8 Å². The highest BCUT2D eigenvalue weighted by Gasteiger charge is 2.47. The normalized spacial score (nSPS) is 19.1. The van der Waals surface area contributed by atoms with Crippen molar-refractivity contribution in [2.24, 2.45) is 0 Å². The van der Waals surface area contributed by atoms with Crippen molar-refractivity contribution >= 4 is 23.8 Å². The van der Waals surface area contributed by atoms with Gasteiger partial charge in [0.2, 0.25) is 0 Å². The Morgan fingerprint density at radius 2 is 2.07 bits per heavy atom. The van der Waals surface area contributed by atoms with Crippen molar-refractivity contribution in [1.29, 1.82) is 0 Å². The van der Waals surface area contributed by atoms with E-state index in [0.717, 1.165) is 12.1 Å². The first-order valence-corrected chi connectivity index (χ1v) is 8.74. The average molecular weight is 449 g/mol. The maximum atomic E-state index is 13.2. The van der Waals surface area contributed by atoms with Gasteiger partial charge >= 0.3 is 24.7 Å². The summed E-state index contributed by atoms with van der Waals surface area (Å²) in [5.41, 5.74) is 0.608. The van der Waals surface area contributed by atoms with Crippen LogP contribution < -0.4 is 4.74 Å². The van der Waals surface area contributed by atoms with Crippen LogP contribution in [0.4, 0.5) is 27.2 Å². The van der Waals surface area contributed by atoms with E-state index in [-0.39, 0.29) is 17.1 Å². The second-order valence-corrected chi connectivity index (χ2v) is 6.64. The van der Waals surface area contributed by atoms with Crippen molar-refractivity contribution in [3.63, 3.8) is 0 Å². The van der Waals surface area contributed by atoms with Crippen LogP contribution in [-0.4, -0.2) is 45.8 Å². The molecule has 2 amide bonds. The third-order valence-corrected chi connectivity index (χ3v) is 4.47. The number of ether oxygens (including phenoxy) is 2. The van der Waals surface area contributed by atoms with E-state index in [2.05, 4.69) is 9.72 Å². The number of carbonyl (C=O) groups excluding carboxylic acids is 1. The van der Waals surface area contributed by atoms with Crippen LogP contribution in [0.5, 0.6) is 5.75 Å². The molecule has 1 aromatic heterocycles. The SMILES string of the molecule is O=C(O)N1C(=O)OC(c2ccc(Cl)nc2)C1Cc1cccc(OC(F)(F)C(F)F)c1. The lowest BCUT2D eigenvalue weighted by atomic mass is 9.96. The molecular formula is C18H13ClF4N2O5. The Labute approximate surface area is 171 Å². The molecule has 0 bridgehead atoms. The number of amides is 2. The Morgan fingerprint density at radius 1 is 1.33 bits per heavy atom. The number of benzene rings is 1. The number of hydrogen-bond acceptors (Lipinski definition) is 5. The van der Waals surface area contributed by atoms with Gasteiger partial charge in [0.1, 0.15) is 10.9 Å². The van der Waals surface area contributed by atoms with Gasteiger partial charge in [-0.25, -0.2) is 19.5 Å². The van der Waals surface area contributed by atoms with E-state index >= 15 is 0 Å². The molecule has 1 saturated heterocycles. The van der Waals surface area contributed by atoms with Crippen LogP contribution >= 0.6 is 11.6 Å². The molecule has 160 valence electrons. The van der Waals surface area contributed by atoms with Gasteiger partial charge in [-0.1, -0.05) is 29.8 Å². The Balaban J connectivity index is 1.89. The van der Waals surface area contributed by atoms with Crippen molar-refractivity contribution in [1.82, 2.24) is 9.88 Å². The van der Waals surface area contributed by atoms with Crippen LogP contribution in [0, 0.1) is 0 Å². The predicted octanol–water partition coefficient (Wildman–Crippen LogP) is 4.75. The molecule has 12 heteroatoms. The minimum Gasteiger partial charge on any atom is -0.465 e. The number of nitrogens with zero attached hydrogens (tertiary/aromatic N) is 2. The van der Waals surface area contributed by atoms with E-state index in [1.54, 1.807) is 0 Å². The highest BCUT2D eigenvalue weighted by atomic mass is 35.5. The van der Waals surface area contributed by atoms with E-state index in [4.69, 9.17) is 16.3 Å². The van der Waals surface area contributed by atoms with Gasteiger partial charge in [-0.3, -0.25) is 0 Å². The summed E-state index contributed by atoms with van der Waals surface area (Å²) in [6.45, 7) is 0. The molecule has 2 heterocycles. The number of imide groups is 1. The summed E-state index contributed by atoms with van der Waals surface area (Å²) in [6, 6.07) is 6.65. The number of carboxylic acid groups (broad SMARTS) is 1. The Hall–Kier alpha value is -3.08. The zero-order valence-corrected chi connectivity index (χ0v) is 15.6. The Kier molecular flexibility index (Phi) is 6.01. The first-order chi connectivity index (χ1) is 14.1. The molecule has 1 aliphatic heterocycles. The van der Waals surface area contributed by atoms with E-state index in [9.17, 15) is 32.3 Å². The Morgan fingerprint density at radius 3 is 2.67 bits per heavy atom. The van der Waals surface area contributed by atoms with Crippen molar-refractivity contribution in [3.8, 4) is 5.75 Å².